The number of carboxylic acids is 1. The Morgan fingerprint density at radius 2 is 1.95 bits per heavy atom. The van der Waals surface area contributed by atoms with Crippen molar-refractivity contribution < 1.29 is 9.90 Å². The fraction of sp³-hybridized carbons (Fsp3) is 0.0769. The quantitative estimate of drug-likeness (QED) is 0.837. The number of halogens is 1. The van der Waals surface area contributed by atoms with E-state index in [4.69, 9.17) is 16.7 Å². The molecule has 0 unspecified atom stereocenters. The first-order valence-corrected chi connectivity index (χ1v) is 7.01. The predicted octanol–water partition coefficient (Wildman–Crippen LogP) is 3.90. The van der Waals surface area contributed by atoms with Gasteiger partial charge >= 0.3 is 5.97 Å². The molecule has 0 fully saturated rings. The van der Waals surface area contributed by atoms with Gasteiger partial charge in [0.1, 0.15) is 5.82 Å². The van der Waals surface area contributed by atoms with Gasteiger partial charge in [0.25, 0.3) is 0 Å². The minimum atomic E-state index is -1.15. The average molecular weight is 295 g/mol. The van der Waals surface area contributed by atoms with Crippen LogP contribution in [0.5, 0.6) is 0 Å². The van der Waals surface area contributed by atoms with Gasteiger partial charge in [-0.3, -0.25) is 0 Å². The Morgan fingerprint density at radius 3 is 2.53 bits per heavy atom. The molecule has 1 aromatic heterocycles. The molecule has 4 nitrogen and oxygen atoms in total. The topological polar surface area (TPSA) is 62.2 Å². The van der Waals surface area contributed by atoms with Gasteiger partial charge in [0.05, 0.1) is 5.02 Å². The van der Waals surface area contributed by atoms with Gasteiger partial charge in [-0.15, -0.1) is 11.8 Å². The summed E-state index contributed by atoms with van der Waals surface area (Å²) >= 11 is 7.41. The number of nitrogens with zero attached hydrogens (tertiary/aromatic N) is 1. The van der Waals surface area contributed by atoms with Crippen LogP contribution in [0.4, 0.5) is 11.5 Å². The highest BCUT2D eigenvalue weighted by Gasteiger charge is 2.11. The van der Waals surface area contributed by atoms with Gasteiger partial charge < -0.3 is 10.4 Å². The van der Waals surface area contributed by atoms with Gasteiger partial charge in [-0.2, -0.15) is 0 Å². The molecule has 19 heavy (non-hydrogen) atoms. The maximum atomic E-state index is 10.9. The van der Waals surface area contributed by atoms with E-state index in [-0.39, 0.29) is 10.7 Å². The second-order valence-electron chi connectivity index (χ2n) is 3.69. The smallest absolute Gasteiger partial charge is 0.356 e. The van der Waals surface area contributed by atoms with E-state index in [0.29, 0.717) is 5.82 Å². The molecule has 0 aliphatic carbocycles. The molecular formula is C13H11ClN2O2S. The molecule has 1 aromatic carbocycles. The largest absolute Gasteiger partial charge is 0.476 e. The lowest BCUT2D eigenvalue weighted by atomic mass is 10.3. The van der Waals surface area contributed by atoms with Gasteiger partial charge in [-0.05, 0) is 42.7 Å². The van der Waals surface area contributed by atoms with Crippen LogP contribution in [0.2, 0.25) is 5.02 Å². The van der Waals surface area contributed by atoms with E-state index in [9.17, 15) is 4.79 Å². The number of nitrogens with one attached hydrogen (secondary N) is 1. The van der Waals surface area contributed by atoms with Crippen LogP contribution in [0.1, 0.15) is 10.5 Å². The van der Waals surface area contributed by atoms with Crippen molar-refractivity contribution >= 4 is 40.8 Å². The number of aromatic nitrogens is 1. The molecule has 0 atom stereocenters. The van der Waals surface area contributed by atoms with E-state index < -0.39 is 5.97 Å². The lowest BCUT2D eigenvalue weighted by molar-refractivity contribution is 0.0691. The van der Waals surface area contributed by atoms with Crippen LogP contribution in [-0.4, -0.2) is 22.3 Å². The molecule has 0 aliphatic rings. The lowest BCUT2D eigenvalue weighted by Crippen LogP contribution is -2.04. The van der Waals surface area contributed by atoms with Gasteiger partial charge in [0.15, 0.2) is 5.69 Å². The summed E-state index contributed by atoms with van der Waals surface area (Å²) < 4.78 is 0. The second-order valence-corrected chi connectivity index (χ2v) is 4.97. The maximum absolute atomic E-state index is 10.9. The molecule has 0 bridgehead atoms. The first-order chi connectivity index (χ1) is 9.10. The number of anilines is 2. The number of rotatable bonds is 4. The third-order valence-corrected chi connectivity index (χ3v) is 3.46. The van der Waals surface area contributed by atoms with Crippen LogP contribution in [-0.2, 0) is 0 Å². The SMILES string of the molecule is CSc1ccc(Nc2ccc(Cl)c(C(=O)O)n2)cc1. The third-order valence-electron chi connectivity index (χ3n) is 2.41. The highest BCUT2D eigenvalue weighted by atomic mass is 35.5. The van der Waals surface area contributed by atoms with Gasteiger partial charge in [-0.1, -0.05) is 11.6 Å². The molecule has 0 saturated heterocycles. The summed E-state index contributed by atoms with van der Waals surface area (Å²) in [5, 5.41) is 12.1. The Balaban J connectivity index is 2.22. The molecule has 0 radical (unpaired) electrons. The first-order valence-electron chi connectivity index (χ1n) is 5.41. The number of aromatic carboxylic acids is 1. The number of benzene rings is 1. The highest BCUT2D eigenvalue weighted by Crippen LogP contribution is 2.22. The summed E-state index contributed by atoms with van der Waals surface area (Å²) in [5.41, 5.74) is 0.677. The van der Waals surface area contributed by atoms with Crippen molar-refractivity contribution in [2.45, 2.75) is 4.90 Å². The number of pyridine rings is 1. The molecular weight excluding hydrogens is 284 g/mol. The fourth-order valence-electron chi connectivity index (χ4n) is 1.48. The van der Waals surface area contributed by atoms with Crippen molar-refractivity contribution in [2.75, 3.05) is 11.6 Å². The first kappa shape index (κ1) is 13.7. The van der Waals surface area contributed by atoms with Gasteiger partial charge in [0, 0.05) is 10.6 Å². The Bertz CT molecular complexity index is 602. The summed E-state index contributed by atoms with van der Waals surface area (Å²) in [7, 11) is 0. The highest BCUT2D eigenvalue weighted by molar-refractivity contribution is 7.98. The fourth-order valence-corrected chi connectivity index (χ4v) is 2.08. The third kappa shape index (κ3) is 3.39. The van der Waals surface area contributed by atoms with Crippen LogP contribution < -0.4 is 5.32 Å². The van der Waals surface area contributed by atoms with E-state index in [2.05, 4.69) is 10.3 Å². The van der Waals surface area contributed by atoms with E-state index in [0.717, 1.165) is 10.6 Å². The number of carboxylic acid groups (broad SMARTS) is 1. The summed E-state index contributed by atoms with van der Waals surface area (Å²) in [5.74, 6) is -0.704. The molecule has 2 N–H and O–H groups in total. The van der Waals surface area contributed by atoms with Crippen LogP contribution in [0.25, 0.3) is 0 Å². The Morgan fingerprint density at radius 1 is 1.26 bits per heavy atom. The second kappa shape index (κ2) is 5.95. The van der Waals surface area contributed by atoms with Crippen LogP contribution in [0.15, 0.2) is 41.3 Å². The van der Waals surface area contributed by atoms with Crippen molar-refractivity contribution in [1.82, 2.24) is 4.98 Å². The normalized spacial score (nSPS) is 10.2. The summed E-state index contributed by atoms with van der Waals surface area (Å²) in [6.07, 6.45) is 2.00. The van der Waals surface area contributed by atoms with E-state index in [1.54, 1.807) is 17.8 Å². The van der Waals surface area contributed by atoms with E-state index >= 15 is 0 Å². The molecule has 1 heterocycles. The molecule has 6 heteroatoms. The van der Waals surface area contributed by atoms with E-state index in [1.807, 2.05) is 30.5 Å². The number of hydrogen-bond donors (Lipinski definition) is 2. The molecule has 0 saturated carbocycles. The van der Waals surface area contributed by atoms with Crippen LogP contribution >= 0.6 is 23.4 Å². The molecule has 0 spiro atoms. The van der Waals surface area contributed by atoms with Crippen LogP contribution in [0, 0.1) is 0 Å². The Kier molecular flexibility index (Phi) is 4.29. The minimum absolute atomic E-state index is 0.121. The molecule has 2 aromatic rings. The van der Waals surface area contributed by atoms with Crippen molar-refractivity contribution in [1.29, 1.82) is 0 Å². The molecule has 0 amide bonds. The zero-order valence-corrected chi connectivity index (χ0v) is 11.6. The summed E-state index contributed by atoms with van der Waals surface area (Å²) in [4.78, 5) is 16.0. The monoisotopic (exact) mass is 294 g/mol. The van der Waals surface area contributed by atoms with E-state index in [1.165, 1.54) is 6.07 Å². The molecule has 98 valence electrons. The standard InChI is InChI=1S/C13H11ClN2O2S/c1-19-9-4-2-8(3-5-9)15-11-7-6-10(14)12(16-11)13(17)18/h2-7H,1H3,(H,15,16)(H,17,18). The Labute approximate surface area is 119 Å². The minimum Gasteiger partial charge on any atom is -0.476 e. The van der Waals surface area contributed by atoms with Crippen LogP contribution in [0.3, 0.4) is 0 Å². The van der Waals surface area contributed by atoms with Crippen molar-refractivity contribution in [3.8, 4) is 0 Å². The zero-order chi connectivity index (χ0) is 13.8. The number of hydrogen-bond acceptors (Lipinski definition) is 4. The van der Waals surface area contributed by atoms with Gasteiger partial charge in [0.2, 0.25) is 0 Å². The van der Waals surface area contributed by atoms with Gasteiger partial charge in [-0.25, -0.2) is 9.78 Å². The van der Waals surface area contributed by atoms with Crippen molar-refractivity contribution in [3.05, 3.63) is 47.1 Å². The van der Waals surface area contributed by atoms with Crippen molar-refractivity contribution in [3.63, 3.8) is 0 Å². The Hall–Kier alpha value is -1.72. The molecule has 2 rings (SSSR count). The number of thioether (sulfide) groups is 1. The predicted molar refractivity (Wildman–Crippen MR) is 77.7 cm³/mol. The van der Waals surface area contributed by atoms with Crippen molar-refractivity contribution in [2.24, 2.45) is 0 Å². The lowest BCUT2D eigenvalue weighted by Gasteiger charge is -2.07. The average Bonchev–Trinajstić information content (AvgIpc) is 2.41. The zero-order valence-electron chi connectivity index (χ0n) is 10.1. The molecule has 0 aliphatic heterocycles. The summed E-state index contributed by atoms with van der Waals surface area (Å²) in [6, 6.07) is 10.9. The summed E-state index contributed by atoms with van der Waals surface area (Å²) in [6.45, 7) is 0. The maximum Gasteiger partial charge on any atom is 0.356 e. The number of carbonyl (C=O) groups is 1.